The topological polar surface area (TPSA) is 30.5 Å². The highest BCUT2D eigenvalue weighted by Gasteiger charge is 2.02. The Balaban J connectivity index is 2.33. The summed E-state index contributed by atoms with van der Waals surface area (Å²) in [7, 11) is 0. The highest BCUT2D eigenvalue weighted by atomic mass is 79.9. The standard InChI is InChI=1S/C13H18BrNO2/c1-3-16-12-6-4-5-7-13(12)17-9-8-15-10-11(2)14/h4-7,15H,2-3,8-10H2,1H3. The molecule has 1 aromatic carbocycles. The summed E-state index contributed by atoms with van der Waals surface area (Å²) in [5.74, 6) is 1.58. The Morgan fingerprint density at radius 3 is 2.53 bits per heavy atom. The van der Waals surface area contributed by atoms with Crippen molar-refractivity contribution in [1.82, 2.24) is 5.32 Å². The van der Waals surface area contributed by atoms with Crippen molar-refractivity contribution in [3.63, 3.8) is 0 Å². The van der Waals surface area contributed by atoms with E-state index in [1.807, 2.05) is 31.2 Å². The maximum atomic E-state index is 5.64. The van der Waals surface area contributed by atoms with Crippen molar-refractivity contribution in [2.24, 2.45) is 0 Å². The smallest absolute Gasteiger partial charge is 0.161 e. The lowest BCUT2D eigenvalue weighted by molar-refractivity contribution is 0.277. The lowest BCUT2D eigenvalue weighted by atomic mass is 10.3. The highest BCUT2D eigenvalue weighted by molar-refractivity contribution is 9.11. The van der Waals surface area contributed by atoms with Gasteiger partial charge in [0.1, 0.15) is 6.61 Å². The Hall–Kier alpha value is -1.00. The molecule has 1 aromatic rings. The third kappa shape index (κ3) is 5.75. The van der Waals surface area contributed by atoms with E-state index < -0.39 is 0 Å². The summed E-state index contributed by atoms with van der Waals surface area (Å²) in [6, 6.07) is 7.69. The van der Waals surface area contributed by atoms with E-state index in [2.05, 4.69) is 27.8 Å². The molecule has 0 unspecified atom stereocenters. The summed E-state index contributed by atoms with van der Waals surface area (Å²) in [6.45, 7) is 8.46. The Morgan fingerprint density at radius 1 is 1.29 bits per heavy atom. The van der Waals surface area contributed by atoms with Crippen LogP contribution in [0, 0.1) is 0 Å². The summed E-state index contributed by atoms with van der Waals surface area (Å²) in [5, 5.41) is 3.19. The first kappa shape index (κ1) is 14.1. The van der Waals surface area contributed by atoms with Crippen LogP contribution in [0.4, 0.5) is 0 Å². The van der Waals surface area contributed by atoms with Crippen molar-refractivity contribution >= 4 is 15.9 Å². The Labute approximate surface area is 111 Å². The van der Waals surface area contributed by atoms with Crippen molar-refractivity contribution in [1.29, 1.82) is 0 Å². The van der Waals surface area contributed by atoms with Gasteiger partial charge in [0.05, 0.1) is 6.61 Å². The van der Waals surface area contributed by atoms with E-state index >= 15 is 0 Å². The Bertz CT molecular complexity index is 355. The Kier molecular flexibility index (Phi) is 6.74. The third-order valence-electron chi connectivity index (χ3n) is 2.00. The van der Waals surface area contributed by atoms with Gasteiger partial charge in [0.2, 0.25) is 0 Å². The molecule has 17 heavy (non-hydrogen) atoms. The molecule has 0 aliphatic carbocycles. The fourth-order valence-electron chi connectivity index (χ4n) is 1.30. The molecule has 0 saturated heterocycles. The first-order valence-corrected chi connectivity index (χ1v) is 6.42. The number of benzene rings is 1. The quantitative estimate of drug-likeness (QED) is 0.749. The predicted octanol–water partition coefficient (Wildman–Crippen LogP) is 2.96. The molecule has 0 saturated carbocycles. The molecule has 0 heterocycles. The largest absolute Gasteiger partial charge is 0.490 e. The van der Waals surface area contributed by atoms with Crippen molar-refractivity contribution in [3.05, 3.63) is 35.3 Å². The average Bonchev–Trinajstić information content (AvgIpc) is 2.31. The SMILES string of the molecule is C=C(Br)CNCCOc1ccccc1OCC. The van der Waals surface area contributed by atoms with Gasteiger partial charge in [0.15, 0.2) is 11.5 Å². The van der Waals surface area contributed by atoms with Crippen LogP contribution in [-0.2, 0) is 0 Å². The zero-order valence-electron chi connectivity index (χ0n) is 10.0. The molecule has 1 N–H and O–H groups in total. The van der Waals surface area contributed by atoms with E-state index in [4.69, 9.17) is 9.47 Å². The van der Waals surface area contributed by atoms with Crippen LogP contribution in [0.3, 0.4) is 0 Å². The van der Waals surface area contributed by atoms with Gasteiger partial charge in [-0.3, -0.25) is 0 Å². The van der Waals surface area contributed by atoms with Crippen molar-refractivity contribution in [2.75, 3.05) is 26.3 Å². The van der Waals surface area contributed by atoms with E-state index in [0.29, 0.717) is 13.2 Å². The molecular weight excluding hydrogens is 282 g/mol. The molecule has 0 fully saturated rings. The van der Waals surface area contributed by atoms with Gasteiger partial charge in [-0.1, -0.05) is 34.6 Å². The zero-order chi connectivity index (χ0) is 12.5. The van der Waals surface area contributed by atoms with Crippen LogP contribution >= 0.6 is 15.9 Å². The van der Waals surface area contributed by atoms with Crippen LogP contribution in [-0.4, -0.2) is 26.3 Å². The fourth-order valence-corrected chi connectivity index (χ4v) is 1.50. The van der Waals surface area contributed by atoms with Gasteiger partial charge in [-0.15, -0.1) is 0 Å². The number of para-hydroxylation sites is 2. The minimum Gasteiger partial charge on any atom is -0.490 e. The van der Waals surface area contributed by atoms with Crippen molar-refractivity contribution < 1.29 is 9.47 Å². The molecular formula is C13H18BrNO2. The van der Waals surface area contributed by atoms with Crippen LogP contribution < -0.4 is 14.8 Å². The number of nitrogens with one attached hydrogen (secondary N) is 1. The number of hydrogen-bond acceptors (Lipinski definition) is 3. The zero-order valence-corrected chi connectivity index (χ0v) is 11.6. The van der Waals surface area contributed by atoms with Gasteiger partial charge in [0, 0.05) is 17.6 Å². The molecule has 0 aliphatic heterocycles. The minimum atomic E-state index is 0.602. The summed E-state index contributed by atoms with van der Waals surface area (Å²) in [6.07, 6.45) is 0. The normalized spacial score (nSPS) is 10.0. The van der Waals surface area contributed by atoms with E-state index in [0.717, 1.165) is 29.1 Å². The van der Waals surface area contributed by atoms with Crippen molar-refractivity contribution in [2.45, 2.75) is 6.92 Å². The highest BCUT2D eigenvalue weighted by Crippen LogP contribution is 2.25. The van der Waals surface area contributed by atoms with E-state index in [1.54, 1.807) is 0 Å². The second-order valence-corrected chi connectivity index (χ2v) is 4.54. The summed E-state index contributed by atoms with van der Waals surface area (Å²) >= 11 is 3.29. The molecule has 0 radical (unpaired) electrons. The molecule has 0 atom stereocenters. The summed E-state index contributed by atoms with van der Waals surface area (Å²) < 4.78 is 12.0. The average molecular weight is 300 g/mol. The predicted molar refractivity (Wildman–Crippen MR) is 74.0 cm³/mol. The molecule has 1 rings (SSSR count). The van der Waals surface area contributed by atoms with Crippen LogP contribution in [0.1, 0.15) is 6.92 Å². The second-order valence-electron chi connectivity index (χ2n) is 3.42. The number of ether oxygens (including phenoxy) is 2. The molecule has 4 heteroatoms. The first-order valence-electron chi connectivity index (χ1n) is 5.62. The Morgan fingerprint density at radius 2 is 1.94 bits per heavy atom. The van der Waals surface area contributed by atoms with Crippen LogP contribution in [0.5, 0.6) is 11.5 Å². The van der Waals surface area contributed by atoms with Gasteiger partial charge in [-0.2, -0.15) is 0 Å². The number of rotatable bonds is 8. The first-order chi connectivity index (χ1) is 8.24. The number of hydrogen-bond donors (Lipinski definition) is 1. The molecule has 0 bridgehead atoms. The van der Waals surface area contributed by atoms with Crippen LogP contribution in [0.2, 0.25) is 0 Å². The maximum Gasteiger partial charge on any atom is 0.161 e. The minimum absolute atomic E-state index is 0.602. The molecule has 3 nitrogen and oxygen atoms in total. The monoisotopic (exact) mass is 299 g/mol. The molecule has 94 valence electrons. The third-order valence-corrected chi connectivity index (χ3v) is 2.28. The molecule has 0 amide bonds. The van der Waals surface area contributed by atoms with Gasteiger partial charge in [0.25, 0.3) is 0 Å². The van der Waals surface area contributed by atoms with Gasteiger partial charge >= 0.3 is 0 Å². The summed E-state index contributed by atoms with van der Waals surface area (Å²) in [4.78, 5) is 0. The van der Waals surface area contributed by atoms with E-state index in [-0.39, 0.29) is 0 Å². The molecule has 0 aliphatic rings. The van der Waals surface area contributed by atoms with E-state index in [1.165, 1.54) is 0 Å². The maximum absolute atomic E-state index is 5.64. The van der Waals surface area contributed by atoms with E-state index in [9.17, 15) is 0 Å². The summed E-state index contributed by atoms with van der Waals surface area (Å²) in [5.41, 5.74) is 0. The van der Waals surface area contributed by atoms with Gasteiger partial charge in [-0.05, 0) is 19.1 Å². The van der Waals surface area contributed by atoms with Gasteiger partial charge < -0.3 is 14.8 Å². The number of halogens is 1. The molecule has 0 aromatic heterocycles. The molecule has 0 spiro atoms. The fraction of sp³-hybridized carbons (Fsp3) is 0.385. The second kappa shape index (κ2) is 8.14. The van der Waals surface area contributed by atoms with Gasteiger partial charge in [-0.25, -0.2) is 0 Å². The van der Waals surface area contributed by atoms with Crippen molar-refractivity contribution in [3.8, 4) is 11.5 Å². The van der Waals surface area contributed by atoms with Crippen LogP contribution in [0.25, 0.3) is 0 Å². The lowest BCUT2D eigenvalue weighted by Gasteiger charge is -2.11. The lowest BCUT2D eigenvalue weighted by Crippen LogP contribution is -2.22. The van der Waals surface area contributed by atoms with Crippen LogP contribution in [0.15, 0.2) is 35.3 Å².